The third kappa shape index (κ3) is 2.12. The number of fused-ring (bicyclic) bond motifs is 3. The molecule has 134 valence electrons. The number of aliphatic imine (C=N–C) groups is 1. The Hall–Kier alpha value is -3.36. The van der Waals surface area contributed by atoms with E-state index < -0.39 is 5.91 Å². The van der Waals surface area contributed by atoms with Crippen molar-refractivity contribution in [2.45, 2.75) is 0 Å². The maximum atomic E-state index is 12.7. The number of thiazole rings is 2. The van der Waals surface area contributed by atoms with E-state index in [1.165, 1.54) is 22.7 Å². The van der Waals surface area contributed by atoms with Gasteiger partial charge in [0.15, 0.2) is 5.88 Å². The van der Waals surface area contributed by atoms with Crippen molar-refractivity contribution in [1.29, 1.82) is 0 Å². The predicted molar refractivity (Wildman–Crippen MR) is 111 cm³/mol. The van der Waals surface area contributed by atoms with Crippen molar-refractivity contribution in [3.63, 3.8) is 0 Å². The van der Waals surface area contributed by atoms with Crippen LogP contribution in [0.25, 0.3) is 31.1 Å². The van der Waals surface area contributed by atoms with Gasteiger partial charge in [-0.3, -0.25) is 4.79 Å². The lowest BCUT2D eigenvalue weighted by molar-refractivity contribution is 0.101. The standard InChI is InChI=1S/C20H10N4O2S2/c25-17-13-14(16(24-17)20-22-10-6-2-4-8-12(10)28-20)18(26)23-15(13)19-21-9-5-1-3-7-11(9)27-19/h1-8,23,26H. The first-order valence-corrected chi connectivity index (χ1v) is 10.1. The number of aromatic hydroxyl groups is 1. The fourth-order valence-electron chi connectivity index (χ4n) is 3.41. The number of carbonyl (C=O) groups excluding carboxylic acids is 1. The highest BCUT2D eigenvalue weighted by Gasteiger charge is 2.35. The van der Waals surface area contributed by atoms with Crippen LogP contribution < -0.4 is 0 Å². The molecule has 3 aromatic heterocycles. The van der Waals surface area contributed by atoms with Gasteiger partial charge in [0.2, 0.25) is 0 Å². The van der Waals surface area contributed by atoms with Crippen molar-refractivity contribution < 1.29 is 9.90 Å². The lowest BCUT2D eigenvalue weighted by Crippen LogP contribution is -1.98. The molecule has 1 aliphatic rings. The van der Waals surface area contributed by atoms with Crippen molar-refractivity contribution in [1.82, 2.24) is 15.0 Å². The molecule has 0 fully saturated rings. The number of aromatic nitrogens is 3. The highest BCUT2D eigenvalue weighted by molar-refractivity contribution is 7.21. The number of para-hydroxylation sites is 2. The number of H-pyrrole nitrogens is 1. The van der Waals surface area contributed by atoms with Crippen molar-refractivity contribution in [3.05, 3.63) is 64.7 Å². The van der Waals surface area contributed by atoms with Gasteiger partial charge in [0.25, 0.3) is 5.91 Å². The molecule has 8 heteroatoms. The normalized spacial score (nSPS) is 13.4. The second kappa shape index (κ2) is 5.57. The number of rotatable bonds is 2. The van der Waals surface area contributed by atoms with Crippen LogP contribution in [0.1, 0.15) is 20.9 Å². The second-order valence-electron chi connectivity index (χ2n) is 6.34. The van der Waals surface area contributed by atoms with E-state index in [9.17, 15) is 9.90 Å². The zero-order chi connectivity index (χ0) is 18.8. The summed E-state index contributed by atoms with van der Waals surface area (Å²) in [6.45, 7) is 0. The Balaban J connectivity index is 1.54. The monoisotopic (exact) mass is 402 g/mol. The van der Waals surface area contributed by atoms with Gasteiger partial charge in [0.1, 0.15) is 15.7 Å². The molecular formula is C20H10N4O2S2. The minimum Gasteiger partial charge on any atom is -0.494 e. The summed E-state index contributed by atoms with van der Waals surface area (Å²) >= 11 is 2.91. The molecule has 0 unspecified atom stereocenters. The summed E-state index contributed by atoms with van der Waals surface area (Å²) in [6, 6.07) is 15.5. The molecule has 0 saturated carbocycles. The van der Waals surface area contributed by atoms with Crippen LogP contribution in [0, 0.1) is 0 Å². The van der Waals surface area contributed by atoms with Crippen molar-refractivity contribution >= 4 is 54.7 Å². The SMILES string of the molecule is O=C1N=C(c2nc3ccccc3s2)c2c(O)[nH]c(-c3nc4ccccc4s3)c21. The van der Waals surface area contributed by atoms with E-state index in [0.717, 1.165) is 20.4 Å². The van der Waals surface area contributed by atoms with Gasteiger partial charge in [-0.25, -0.2) is 15.0 Å². The number of hydrogen-bond acceptors (Lipinski definition) is 6. The van der Waals surface area contributed by atoms with Crippen LogP contribution in [-0.4, -0.2) is 31.7 Å². The maximum Gasteiger partial charge on any atom is 0.280 e. The first-order chi connectivity index (χ1) is 13.7. The topological polar surface area (TPSA) is 91.2 Å². The number of aromatic amines is 1. The average Bonchev–Trinajstić information content (AvgIpc) is 3.44. The molecule has 0 spiro atoms. The Morgan fingerprint density at radius 2 is 1.43 bits per heavy atom. The molecule has 4 heterocycles. The highest BCUT2D eigenvalue weighted by atomic mass is 32.1. The summed E-state index contributed by atoms with van der Waals surface area (Å²) in [7, 11) is 0. The number of benzene rings is 2. The summed E-state index contributed by atoms with van der Waals surface area (Å²) in [5.41, 5.74) is 3.35. The molecular weight excluding hydrogens is 392 g/mol. The summed E-state index contributed by atoms with van der Waals surface area (Å²) in [5.74, 6) is -0.483. The van der Waals surface area contributed by atoms with Crippen LogP contribution in [0.15, 0.2) is 53.5 Å². The Morgan fingerprint density at radius 3 is 2.11 bits per heavy atom. The molecule has 0 aliphatic carbocycles. The summed E-state index contributed by atoms with van der Waals surface area (Å²) < 4.78 is 2.01. The van der Waals surface area contributed by atoms with Crippen molar-refractivity contribution in [3.8, 4) is 16.6 Å². The molecule has 2 aromatic carbocycles. The van der Waals surface area contributed by atoms with Gasteiger partial charge in [0.05, 0.1) is 37.3 Å². The van der Waals surface area contributed by atoms with Crippen LogP contribution in [0.4, 0.5) is 0 Å². The average molecular weight is 402 g/mol. The molecule has 28 heavy (non-hydrogen) atoms. The number of nitrogens with zero attached hydrogens (tertiary/aromatic N) is 3. The van der Waals surface area contributed by atoms with Crippen LogP contribution in [0.5, 0.6) is 5.88 Å². The van der Waals surface area contributed by atoms with Crippen LogP contribution in [0.3, 0.4) is 0 Å². The fourth-order valence-corrected chi connectivity index (χ4v) is 5.35. The van der Waals surface area contributed by atoms with E-state index >= 15 is 0 Å². The van der Waals surface area contributed by atoms with E-state index in [4.69, 9.17) is 0 Å². The molecule has 1 aliphatic heterocycles. The minimum atomic E-state index is -0.393. The maximum absolute atomic E-state index is 12.7. The third-order valence-corrected chi connectivity index (χ3v) is 6.75. The first kappa shape index (κ1) is 15.7. The number of amides is 1. The lowest BCUT2D eigenvalue weighted by atomic mass is 10.1. The van der Waals surface area contributed by atoms with E-state index in [1.54, 1.807) is 0 Å². The van der Waals surface area contributed by atoms with Gasteiger partial charge in [0, 0.05) is 0 Å². The van der Waals surface area contributed by atoms with Crippen LogP contribution >= 0.6 is 22.7 Å². The Morgan fingerprint density at radius 1 is 0.821 bits per heavy atom. The number of carbonyl (C=O) groups is 1. The van der Waals surface area contributed by atoms with Gasteiger partial charge in [-0.15, -0.1) is 22.7 Å². The molecule has 2 N–H and O–H groups in total. The van der Waals surface area contributed by atoms with E-state index in [2.05, 4.69) is 19.9 Å². The van der Waals surface area contributed by atoms with Gasteiger partial charge < -0.3 is 10.1 Å². The first-order valence-electron chi connectivity index (χ1n) is 8.49. The van der Waals surface area contributed by atoms with E-state index in [1.807, 2.05) is 48.5 Å². The predicted octanol–water partition coefficient (Wildman–Crippen LogP) is 4.60. The molecule has 0 saturated heterocycles. The lowest BCUT2D eigenvalue weighted by Gasteiger charge is -1.95. The molecule has 6 rings (SSSR count). The Kier molecular flexibility index (Phi) is 3.12. The van der Waals surface area contributed by atoms with Crippen molar-refractivity contribution in [2.75, 3.05) is 0 Å². The fraction of sp³-hybridized carbons (Fsp3) is 0. The smallest absolute Gasteiger partial charge is 0.280 e. The van der Waals surface area contributed by atoms with Crippen LogP contribution in [-0.2, 0) is 0 Å². The van der Waals surface area contributed by atoms with Gasteiger partial charge in [-0.2, -0.15) is 0 Å². The molecule has 0 bridgehead atoms. The summed E-state index contributed by atoms with van der Waals surface area (Å²) in [4.78, 5) is 29.0. The molecule has 6 nitrogen and oxygen atoms in total. The second-order valence-corrected chi connectivity index (χ2v) is 8.40. The van der Waals surface area contributed by atoms with Gasteiger partial charge >= 0.3 is 0 Å². The molecule has 0 atom stereocenters. The Bertz CT molecular complexity index is 1390. The van der Waals surface area contributed by atoms with Crippen LogP contribution in [0.2, 0.25) is 0 Å². The van der Waals surface area contributed by atoms with Gasteiger partial charge in [-0.05, 0) is 24.3 Å². The Labute approximate surface area is 165 Å². The third-order valence-electron chi connectivity index (χ3n) is 4.65. The van der Waals surface area contributed by atoms with Crippen molar-refractivity contribution in [2.24, 2.45) is 4.99 Å². The number of nitrogens with one attached hydrogen (secondary N) is 1. The number of hydrogen-bond donors (Lipinski definition) is 2. The highest BCUT2D eigenvalue weighted by Crippen LogP contribution is 2.41. The zero-order valence-corrected chi connectivity index (χ0v) is 15.8. The van der Waals surface area contributed by atoms with Gasteiger partial charge in [-0.1, -0.05) is 24.3 Å². The van der Waals surface area contributed by atoms with E-state index in [0.29, 0.717) is 32.5 Å². The summed E-state index contributed by atoms with van der Waals surface area (Å²) in [6.07, 6.45) is 0. The largest absolute Gasteiger partial charge is 0.494 e. The zero-order valence-electron chi connectivity index (χ0n) is 14.1. The molecule has 1 amide bonds. The minimum absolute atomic E-state index is 0.0897. The summed E-state index contributed by atoms with van der Waals surface area (Å²) in [5, 5.41) is 11.8. The molecule has 0 radical (unpaired) electrons. The quantitative estimate of drug-likeness (QED) is 0.451. The van der Waals surface area contributed by atoms with E-state index in [-0.39, 0.29) is 5.88 Å². The molecule has 5 aromatic rings.